The summed E-state index contributed by atoms with van der Waals surface area (Å²) in [7, 11) is 1.95. The van der Waals surface area contributed by atoms with Gasteiger partial charge in [-0.1, -0.05) is 15.9 Å². The van der Waals surface area contributed by atoms with Gasteiger partial charge in [0.25, 0.3) is 5.91 Å². The average molecular weight is 366 g/mol. The Labute approximate surface area is 133 Å². The predicted molar refractivity (Wildman–Crippen MR) is 83.9 cm³/mol. The number of hydrogen-bond donors (Lipinski definition) is 1. The summed E-state index contributed by atoms with van der Waals surface area (Å²) in [5, 5.41) is 3.17. The summed E-state index contributed by atoms with van der Waals surface area (Å²) in [6, 6.07) is 4.33. The molecule has 0 radical (unpaired) electrons. The number of nitrogens with one attached hydrogen (secondary N) is 1. The lowest BCUT2D eigenvalue weighted by Crippen LogP contribution is -2.40. The number of carbonyl (C=O) groups excluding carboxylic acids is 1. The maximum absolute atomic E-state index is 13.3. The molecule has 0 unspecified atom stereocenters. The zero-order valence-electron chi connectivity index (χ0n) is 11.4. The molecule has 0 saturated carbocycles. The second-order valence-corrected chi connectivity index (χ2v) is 5.87. The summed E-state index contributed by atoms with van der Waals surface area (Å²) in [6.45, 7) is 2.49. The third-order valence-electron chi connectivity index (χ3n) is 3.50. The minimum atomic E-state index is -0.386. The van der Waals surface area contributed by atoms with Gasteiger partial charge in [0.2, 0.25) is 0 Å². The summed E-state index contributed by atoms with van der Waals surface area (Å²) in [5.74, 6) is 0.166. The van der Waals surface area contributed by atoms with Crippen molar-refractivity contribution < 1.29 is 9.18 Å². The highest BCUT2D eigenvalue weighted by molar-refractivity contribution is 9.10. The summed E-state index contributed by atoms with van der Waals surface area (Å²) in [6.07, 6.45) is 2.01. The van der Waals surface area contributed by atoms with Crippen LogP contribution in [0.1, 0.15) is 23.2 Å². The fraction of sp³-hybridized carbons (Fsp3) is 0.500. The molecule has 0 atom stereocenters. The number of carbonyl (C=O) groups is 1. The molecule has 0 aromatic heterocycles. The summed E-state index contributed by atoms with van der Waals surface area (Å²) in [4.78, 5) is 14.1. The number of hydrogen-bond acceptors (Lipinski definition) is 2. The standard InChI is InChI=1S/C14H18BrFN2O.ClH/c1-17-9-10-2-4-18(5-3-10)14(19)11-6-12(15)8-13(16)7-11;/h6-8,10,17H,2-5,9H2,1H3;1H. The first kappa shape index (κ1) is 17.4. The Morgan fingerprint density at radius 3 is 2.60 bits per heavy atom. The van der Waals surface area contributed by atoms with Crippen molar-refractivity contribution in [2.24, 2.45) is 5.92 Å². The van der Waals surface area contributed by atoms with Crippen LogP contribution in [0, 0.1) is 11.7 Å². The number of halogens is 3. The molecule has 20 heavy (non-hydrogen) atoms. The van der Waals surface area contributed by atoms with Gasteiger partial charge in [-0.2, -0.15) is 0 Å². The van der Waals surface area contributed by atoms with Crippen LogP contribution in [0.5, 0.6) is 0 Å². The van der Waals surface area contributed by atoms with Crippen molar-refractivity contribution in [3.8, 4) is 0 Å². The monoisotopic (exact) mass is 364 g/mol. The normalized spacial score (nSPS) is 15.8. The maximum atomic E-state index is 13.3. The molecule has 0 bridgehead atoms. The second kappa shape index (κ2) is 7.96. The Kier molecular flexibility index (Phi) is 6.92. The molecule has 1 aliphatic rings. The van der Waals surface area contributed by atoms with Crippen LogP contribution < -0.4 is 5.32 Å². The lowest BCUT2D eigenvalue weighted by Gasteiger charge is -2.32. The van der Waals surface area contributed by atoms with Gasteiger partial charge in [0, 0.05) is 23.1 Å². The van der Waals surface area contributed by atoms with Gasteiger partial charge in [-0.15, -0.1) is 12.4 Å². The van der Waals surface area contributed by atoms with Crippen molar-refractivity contribution in [1.29, 1.82) is 0 Å². The van der Waals surface area contributed by atoms with Crippen LogP contribution >= 0.6 is 28.3 Å². The Hall–Kier alpha value is -0.650. The Balaban J connectivity index is 0.00000200. The molecule has 1 aromatic rings. The van der Waals surface area contributed by atoms with Gasteiger partial charge in [-0.05, 0) is 50.6 Å². The second-order valence-electron chi connectivity index (χ2n) is 4.95. The van der Waals surface area contributed by atoms with Crippen molar-refractivity contribution in [2.45, 2.75) is 12.8 Å². The van der Waals surface area contributed by atoms with E-state index in [9.17, 15) is 9.18 Å². The van der Waals surface area contributed by atoms with Gasteiger partial charge in [-0.3, -0.25) is 4.79 Å². The average Bonchev–Trinajstić information content (AvgIpc) is 2.38. The van der Waals surface area contributed by atoms with Gasteiger partial charge in [0.05, 0.1) is 0 Å². The molecule has 1 N–H and O–H groups in total. The van der Waals surface area contributed by atoms with Crippen molar-refractivity contribution in [3.05, 3.63) is 34.1 Å². The van der Waals surface area contributed by atoms with Gasteiger partial charge in [0.15, 0.2) is 0 Å². The predicted octanol–water partition coefficient (Wildman–Crippen LogP) is 3.08. The first-order valence-corrected chi connectivity index (χ1v) is 7.29. The van der Waals surface area contributed by atoms with E-state index in [1.165, 1.54) is 12.1 Å². The molecule has 1 saturated heterocycles. The van der Waals surface area contributed by atoms with E-state index in [4.69, 9.17) is 0 Å². The summed E-state index contributed by atoms with van der Waals surface area (Å²) in [5.41, 5.74) is 0.416. The first-order valence-electron chi connectivity index (χ1n) is 6.50. The van der Waals surface area contributed by atoms with Gasteiger partial charge >= 0.3 is 0 Å². The Morgan fingerprint density at radius 2 is 2.05 bits per heavy atom. The molecule has 6 heteroatoms. The van der Waals surface area contributed by atoms with Crippen LogP contribution in [0.4, 0.5) is 4.39 Å². The fourth-order valence-electron chi connectivity index (χ4n) is 2.49. The lowest BCUT2D eigenvalue weighted by atomic mass is 9.96. The largest absolute Gasteiger partial charge is 0.339 e. The number of rotatable bonds is 3. The van der Waals surface area contributed by atoms with Crippen LogP contribution in [0.25, 0.3) is 0 Å². The summed E-state index contributed by atoms with van der Waals surface area (Å²) >= 11 is 3.22. The van der Waals surface area contributed by atoms with Crippen molar-refractivity contribution in [1.82, 2.24) is 10.2 Å². The number of piperidine rings is 1. The Bertz CT molecular complexity index is 444. The molecular weight excluding hydrogens is 347 g/mol. The maximum Gasteiger partial charge on any atom is 0.253 e. The fourth-order valence-corrected chi connectivity index (χ4v) is 2.95. The van der Waals surface area contributed by atoms with E-state index >= 15 is 0 Å². The number of likely N-dealkylation sites (tertiary alicyclic amines) is 1. The minimum Gasteiger partial charge on any atom is -0.339 e. The van der Waals surface area contributed by atoms with E-state index in [-0.39, 0.29) is 24.1 Å². The molecule has 1 aliphatic heterocycles. The lowest BCUT2D eigenvalue weighted by molar-refractivity contribution is 0.0690. The molecule has 3 nitrogen and oxygen atoms in total. The molecule has 1 heterocycles. The molecule has 1 aromatic carbocycles. The van der Waals surface area contributed by atoms with Crippen LogP contribution in [0.15, 0.2) is 22.7 Å². The van der Waals surface area contributed by atoms with Gasteiger partial charge in [0.1, 0.15) is 5.82 Å². The van der Waals surface area contributed by atoms with Gasteiger partial charge < -0.3 is 10.2 Å². The summed E-state index contributed by atoms with van der Waals surface area (Å²) < 4.78 is 13.9. The number of nitrogens with zero attached hydrogens (tertiary/aromatic N) is 1. The minimum absolute atomic E-state index is 0. The van der Waals surface area contributed by atoms with Crippen LogP contribution in [0.2, 0.25) is 0 Å². The van der Waals surface area contributed by atoms with Crippen LogP contribution in [-0.4, -0.2) is 37.5 Å². The third kappa shape index (κ3) is 4.43. The third-order valence-corrected chi connectivity index (χ3v) is 3.96. The van der Waals surface area contributed by atoms with E-state index in [0.717, 1.165) is 32.5 Å². The van der Waals surface area contributed by atoms with E-state index in [0.29, 0.717) is 16.0 Å². The molecule has 112 valence electrons. The molecule has 1 fully saturated rings. The molecule has 0 aliphatic carbocycles. The van der Waals surface area contributed by atoms with E-state index in [2.05, 4.69) is 21.2 Å². The van der Waals surface area contributed by atoms with Crippen molar-refractivity contribution in [3.63, 3.8) is 0 Å². The quantitative estimate of drug-likeness (QED) is 0.893. The zero-order valence-corrected chi connectivity index (χ0v) is 13.8. The van der Waals surface area contributed by atoms with Crippen LogP contribution in [0.3, 0.4) is 0 Å². The smallest absolute Gasteiger partial charge is 0.253 e. The van der Waals surface area contributed by atoms with Crippen LogP contribution in [-0.2, 0) is 0 Å². The number of amides is 1. The zero-order chi connectivity index (χ0) is 13.8. The van der Waals surface area contributed by atoms with E-state index in [1.807, 2.05) is 11.9 Å². The highest BCUT2D eigenvalue weighted by Gasteiger charge is 2.23. The number of benzene rings is 1. The topological polar surface area (TPSA) is 32.3 Å². The Morgan fingerprint density at radius 1 is 1.40 bits per heavy atom. The van der Waals surface area contributed by atoms with Gasteiger partial charge in [-0.25, -0.2) is 4.39 Å². The highest BCUT2D eigenvalue weighted by Crippen LogP contribution is 2.21. The molecule has 0 spiro atoms. The molecule has 1 amide bonds. The first-order chi connectivity index (χ1) is 9.10. The SMILES string of the molecule is CNCC1CCN(C(=O)c2cc(F)cc(Br)c2)CC1.Cl. The van der Waals surface area contributed by atoms with Crippen molar-refractivity contribution in [2.75, 3.05) is 26.7 Å². The van der Waals surface area contributed by atoms with E-state index in [1.54, 1.807) is 6.07 Å². The molecule has 2 rings (SSSR count). The van der Waals surface area contributed by atoms with E-state index < -0.39 is 0 Å². The van der Waals surface area contributed by atoms with Crippen molar-refractivity contribution >= 4 is 34.2 Å². The highest BCUT2D eigenvalue weighted by atomic mass is 79.9. The molecular formula is C14H19BrClFN2O.